The van der Waals surface area contributed by atoms with Crippen molar-refractivity contribution in [2.24, 2.45) is 7.05 Å². The van der Waals surface area contributed by atoms with Crippen LogP contribution in [0.3, 0.4) is 0 Å². The Balaban J connectivity index is 2.25. The van der Waals surface area contributed by atoms with Crippen molar-refractivity contribution in [2.75, 3.05) is 6.54 Å². The number of aromatic nitrogens is 2. The monoisotopic (exact) mass is 419 g/mol. The van der Waals surface area contributed by atoms with Gasteiger partial charge in [-0.05, 0) is 62.5 Å². The van der Waals surface area contributed by atoms with Crippen molar-refractivity contribution in [3.05, 3.63) is 36.7 Å². The Kier molecular flexibility index (Phi) is 5.84. The largest absolute Gasteiger partial charge is 0.310 e. The molecule has 3 nitrogen and oxygen atoms in total. The molecule has 0 aromatic carbocycles. The van der Waals surface area contributed by atoms with E-state index in [1.807, 2.05) is 11.7 Å². The second-order valence-corrected chi connectivity index (χ2v) is 8.45. The molecular formula is C14H19Br2N3S. The Morgan fingerprint density at radius 1 is 1.35 bits per heavy atom. The lowest BCUT2D eigenvalue weighted by molar-refractivity contribution is 0.528. The first-order chi connectivity index (χ1) is 9.55. The van der Waals surface area contributed by atoms with Crippen LogP contribution < -0.4 is 5.32 Å². The van der Waals surface area contributed by atoms with Crippen molar-refractivity contribution in [1.29, 1.82) is 0 Å². The van der Waals surface area contributed by atoms with E-state index in [0.717, 1.165) is 28.9 Å². The predicted molar refractivity (Wildman–Crippen MR) is 92.4 cm³/mol. The second-order valence-electron chi connectivity index (χ2n) is 4.70. The fourth-order valence-corrected chi connectivity index (χ4v) is 5.25. The maximum Gasteiger partial charge on any atom is 0.0758 e. The van der Waals surface area contributed by atoms with Gasteiger partial charge in [-0.3, -0.25) is 4.68 Å². The molecule has 0 fully saturated rings. The van der Waals surface area contributed by atoms with Gasteiger partial charge in [0.05, 0.1) is 13.3 Å². The van der Waals surface area contributed by atoms with Gasteiger partial charge < -0.3 is 5.32 Å². The molecule has 0 radical (unpaired) electrons. The first-order valence-corrected chi connectivity index (χ1v) is 9.15. The van der Waals surface area contributed by atoms with Crippen LogP contribution in [0.1, 0.15) is 36.8 Å². The highest BCUT2D eigenvalue weighted by Crippen LogP contribution is 2.36. The SMILES string of the molecule is CCNC(Cc1cc(CC)nn1C)c1cc(Br)sc1Br. The molecular weight excluding hydrogens is 402 g/mol. The van der Waals surface area contributed by atoms with Crippen molar-refractivity contribution in [2.45, 2.75) is 32.7 Å². The zero-order valence-corrected chi connectivity index (χ0v) is 15.9. The molecule has 0 spiro atoms. The zero-order chi connectivity index (χ0) is 14.7. The van der Waals surface area contributed by atoms with Gasteiger partial charge in [0.25, 0.3) is 0 Å². The Bertz CT molecular complexity index is 577. The van der Waals surface area contributed by atoms with Crippen molar-refractivity contribution >= 4 is 43.2 Å². The van der Waals surface area contributed by atoms with Crippen LogP contribution in [0.25, 0.3) is 0 Å². The molecule has 6 heteroatoms. The van der Waals surface area contributed by atoms with Crippen molar-refractivity contribution in [1.82, 2.24) is 15.1 Å². The van der Waals surface area contributed by atoms with Gasteiger partial charge in [-0.2, -0.15) is 5.10 Å². The number of rotatable bonds is 6. The van der Waals surface area contributed by atoms with Gasteiger partial charge in [-0.25, -0.2) is 0 Å². The van der Waals surface area contributed by atoms with Crippen molar-refractivity contribution in [3.8, 4) is 0 Å². The van der Waals surface area contributed by atoms with E-state index in [1.165, 1.54) is 15.0 Å². The van der Waals surface area contributed by atoms with E-state index in [0.29, 0.717) is 6.04 Å². The molecule has 0 aliphatic heterocycles. The minimum atomic E-state index is 0.303. The highest BCUT2D eigenvalue weighted by molar-refractivity contribution is 9.12. The molecule has 1 atom stereocenters. The van der Waals surface area contributed by atoms with Crippen LogP contribution in [0.4, 0.5) is 0 Å². The smallest absolute Gasteiger partial charge is 0.0758 e. The van der Waals surface area contributed by atoms with E-state index in [9.17, 15) is 0 Å². The van der Waals surface area contributed by atoms with Crippen LogP contribution in [-0.4, -0.2) is 16.3 Å². The molecule has 1 N–H and O–H groups in total. The number of thiophene rings is 1. The van der Waals surface area contributed by atoms with Crippen LogP contribution in [0.2, 0.25) is 0 Å². The van der Waals surface area contributed by atoms with E-state index >= 15 is 0 Å². The summed E-state index contributed by atoms with van der Waals surface area (Å²) in [6.45, 7) is 5.23. The third kappa shape index (κ3) is 3.72. The number of nitrogens with one attached hydrogen (secondary N) is 1. The van der Waals surface area contributed by atoms with Gasteiger partial charge in [0, 0.05) is 25.2 Å². The fraction of sp³-hybridized carbons (Fsp3) is 0.500. The number of hydrogen-bond donors (Lipinski definition) is 1. The van der Waals surface area contributed by atoms with Gasteiger partial charge in [0.15, 0.2) is 0 Å². The lowest BCUT2D eigenvalue weighted by Crippen LogP contribution is -2.23. The van der Waals surface area contributed by atoms with Gasteiger partial charge in [-0.15, -0.1) is 11.3 Å². The zero-order valence-electron chi connectivity index (χ0n) is 11.9. The maximum atomic E-state index is 4.53. The van der Waals surface area contributed by atoms with Crippen LogP contribution in [0.15, 0.2) is 19.7 Å². The average Bonchev–Trinajstić information content (AvgIpc) is 2.92. The molecule has 0 aliphatic carbocycles. The Morgan fingerprint density at radius 3 is 2.60 bits per heavy atom. The number of nitrogens with zero attached hydrogens (tertiary/aromatic N) is 2. The molecule has 0 amide bonds. The summed E-state index contributed by atoms with van der Waals surface area (Å²) in [5.74, 6) is 0. The van der Waals surface area contributed by atoms with Gasteiger partial charge in [0.1, 0.15) is 0 Å². The van der Waals surface area contributed by atoms with Crippen molar-refractivity contribution < 1.29 is 0 Å². The second kappa shape index (κ2) is 7.20. The quantitative estimate of drug-likeness (QED) is 0.747. The molecule has 0 aliphatic rings. The lowest BCUT2D eigenvalue weighted by atomic mass is 10.0. The minimum absolute atomic E-state index is 0.303. The van der Waals surface area contributed by atoms with E-state index in [4.69, 9.17) is 0 Å². The predicted octanol–water partition coefficient (Wildman–Crippen LogP) is 4.46. The molecule has 110 valence electrons. The minimum Gasteiger partial charge on any atom is -0.310 e. The van der Waals surface area contributed by atoms with Gasteiger partial charge >= 0.3 is 0 Å². The summed E-state index contributed by atoms with van der Waals surface area (Å²) in [5, 5.41) is 8.10. The van der Waals surface area contributed by atoms with E-state index in [-0.39, 0.29) is 0 Å². The average molecular weight is 421 g/mol. The summed E-state index contributed by atoms with van der Waals surface area (Å²) < 4.78 is 4.34. The van der Waals surface area contributed by atoms with Crippen LogP contribution in [-0.2, 0) is 19.9 Å². The Hall–Kier alpha value is -0.170. The van der Waals surface area contributed by atoms with E-state index < -0.39 is 0 Å². The fourth-order valence-electron chi connectivity index (χ4n) is 2.27. The first kappa shape index (κ1) is 16.2. The molecule has 0 saturated heterocycles. The first-order valence-electron chi connectivity index (χ1n) is 6.75. The summed E-state index contributed by atoms with van der Waals surface area (Å²) >= 11 is 8.94. The summed E-state index contributed by atoms with van der Waals surface area (Å²) in [6.07, 6.45) is 1.92. The topological polar surface area (TPSA) is 29.9 Å². The highest BCUT2D eigenvalue weighted by atomic mass is 79.9. The van der Waals surface area contributed by atoms with Crippen LogP contribution in [0.5, 0.6) is 0 Å². The molecule has 1 unspecified atom stereocenters. The summed E-state index contributed by atoms with van der Waals surface area (Å²) in [5.41, 5.74) is 3.73. The lowest BCUT2D eigenvalue weighted by Gasteiger charge is -2.17. The van der Waals surface area contributed by atoms with Crippen molar-refractivity contribution in [3.63, 3.8) is 0 Å². The molecule has 2 aromatic rings. The number of likely N-dealkylation sites (N-methyl/N-ethyl adjacent to an activating group) is 1. The molecule has 0 bridgehead atoms. The molecule has 0 saturated carbocycles. The number of halogens is 2. The standard InChI is InChI=1S/C14H19Br2N3S/c1-4-9-6-10(19(3)18-9)7-12(17-5-2)11-8-13(15)20-14(11)16/h6,8,12,17H,4-5,7H2,1-3H3. The van der Waals surface area contributed by atoms with E-state index in [1.54, 1.807) is 11.3 Å². The third-order valence-corrected chi connectivity index (χ3v) is 5.70. The summed E-state index contributed by atoms with van der Waals surface area (Å²) in [4.78, 5) is 0. The number of aryl methyl sites for hydroxylation is 2. The van der Waals surface area contributed by atoms with E-state index in [2.05, 4.69) is 68.3 Å². The van der Waals surface area contributed by atoms with Crippen LogP contribution in [0, 0.1) is 0 Å². The maximum absolute atomic E-state index is 4.53. The molecule has 2 rings (SSSR count). The summed E-state index contributed by atoms with van der Waals surface area (Å²) in [7, 11) is 2.02. The van der Waals surface area contributed by atoms with Gasteiger partial charge in [-0.1, -0.05) is 13.8 Å². The normalized spacial score (nSPS) is 12.8. The Morgan fingerprint density at radius 2 is 2.10 bits per heavy atom. The Labute approximate surface area is 141 Å². The number of hydrogen-bond acceptors (Lipinski definition) is 3. The van der Waals surface area contributed by atoms with Gasteiger partial charge in [0.2, 0.25) is 0 Å². The molecule has 2 heterocycles. The molecule has 20 heavy (non-hydrogen) atoms. The third-order valence-electron chi connectivity index (χ3n) is 3.31. The highest BCUT2D eigenvalue weighted by Gasteiger charge is 2.19. The molecule has 2 aromatic heterocycles. The van der Waals surface area contributed by atoms with Crippen LogP contribution >= 0.6 is 43.2 Å². The summed E-state index contributed by atoms with van der Waals surface area (Å²) in [6, 6.07) is 4.70.